The van der Waals surface area contributed by atoms with Gasteiger partial charge in [0.2, 0.25) is 0 Å². The fraction of sp³-hybridized carbons (Fsp3) is 0. The minimum atomic E-state index is -1.77. The predicted octanol–water partition coefficient (Wildman–Crippen LogP) is 4.18. The molecule has 0 unspecified atom stereocenters. The Morgan fingerprint density at radius 2 is 1.43 bits per heavy atom. The topological polar surface area (TPSA) is 30.2 Å². The Kier molecular flexibility index (Phi) is 5.35. The summed E-state index contributed by atoms with van der Waals surface area (Å²) in [7, 11) is 0. The molecule has 0 saturated heterocycles. The van der Waals surface area contributed by atoms with Crippen molar-refractivity contribution >= 4 is 50.7 Å². The van der Waals surface area contributed by atoms with Crippen molar-refractivity contribution in [2.24, 2.45) is 0 Å². The van der Waals surface area contributed by atoms with Crippen LogP contribution in [0.2, 0.25) is 0 Å². The quantitative estimate of drug-likeness (QED) is 0.193. The first kappa shape index (κ1) is 16.4. The molecule has 0 aliphatic rings. The van der Waals surface area contributed by atoms with E-state index in [1.807, 2.05) is 24.4 Å². The fourth-order valence-electron chi connectivity index (χ4n) is 1.35. The lowest BCUT2D eigenvalue weighted by Crippen LogP contribution is -2.02. The van der Waals surface area contributed by atoms with E-state index in [2.05, 4.69) is 10.3 Å². The Hall–Kier alpha value is -0.980. The molecule has 21 heavy (non-hydrogen) atoms. The van der Waals surface area contributed by atoms with E-state index in [0.717, 1.165) is 5.52 Å². The summed E-state index contributed by atoms with van der Waals surface area (Å²) in [6, 6.07) is 5.83. The van der Waals surface area contributed by atoms with Crippen molar-refractivity contribution in [3.05, 3.63) is 61.0 Å². The second kappa shape index (κ2) is 6.85. The summed E-state index contributed by atoms with van der Waals surface area (Å²) in [5.41, 5.74) is 1.03. The van der Waals surface area contributed by atoms with Gasteiger partial charge in [-0.3, -0.25) is 0 Å². The highest BCUT2D eigenvalue weighted by molar-refractivity contribution is 14.1. The zero-order valence-corrected chi connectivity index (χ0v) is 14.3. The molecule has 0 fully saturated rings. The maximum atomic E-state index is 12.6. The molecule has 0 N–H and O–H groups in total. The Morgan fingerprint density at radius 3 is 1.95 bits per heavy atom. The average molecular weight is 521 g/mol. The van der Waals surface area contributed by atoms with Gasteiger partial charge in [-0.15, -0.1) is 5.10 Å². The van der Waals surface area contributed by atoms with Gasteiger partial charge < -0.3 is 0 Å². The van der Waals surface area contributed by atoms with Gasteiger partial charge in [0, 0.05) is 6.20 Å². The molecule has 0 saturated carbocycles. The number of pyridine rings is 1. The van der Waals surface area contributed by atoms with Gasteiger partial charge >= 0.3 is 0 Å². The number of hydrogen-bond donors (Lipinski definition) is 0. The molecule has 0 bridgehead atoms. The molecule has 3 nitrogen and oxygen atoms in total. The van der Waals surface area contributed by atoms with Crippen LogP contribution in [0.4, 0.5) is 17.6 Å². The second-order valence-electron chi connectivity index (χ2n) is 3.69. The molecule has 0 atom stereocenters. The van der Waals surface area contributed by atoms with Crippen LogP contribution >= 0.6 is 45.2 Å². The summed E-state index contributed by atoms with van der Waals surface area (Å²) < 4.78 is 51.4. The van der Waals surface area contributed by atoms with E-state index in [1.54, 1.807) is 10.7 Å². The predicted molar refractivity (Wildman–Crippen MR) is 84.7 cm³/mol. The molecule has 0 spiro atoms. The zero-order valence-electron chi connectivity index (χ0n) is 10.00. The van der Waals surface area contributed by atoms with Crippen LogP contribution in [0.3, 0.4) is 0 Å². The van der Waals surface area contributed by atoms with Gasteiger partial charge in [-0.05, 0) is 57.3 Å². The number of rotatable bonds is 0. The molecule has 9 heteroatoms. The first-order valence-corrected chi connectivity index (χ1v) is 7.51. The molecule has 0 radical (unpaired) electrons. The van der Waals surface area contributed by atoms with Crippen LogP contribution in [-0.4, -0.2) is 14.8 Å². The number of nitrogens with zero attached hydrogens (tertiary/aromatic N) is 3. The van der Waals surface area contributed by atoms with E-state index in [-0.39, 0.29) is 7.14 Å². The van der Waals surface area contributed by atoms with Crippen LogP contribution in [0.25, 0.3) is 5.52 Å². The molecule has 3 rings (SSSR count). The average Bonchev–Trinajstić information content (AvgIpc) is 2.98. The van der Waals surface area contributed by atoms with Crippen molar-refractivity contribution < 1.29 is 17.6 Å². The van der Waals surface area contributed by atoms with Crippen molar-refractivity contribution in [2.45, 2.75) is 0 Å². The first-order chi connectivity index (χ1) is 9.93. The molecular formula is C12H5F4I2N3. The standard InChI is InChI=1S/C6F4I2.C6H5N3/c7-1-2(8)4(10)6(12)5(11)3(1)9;1-2-4-9-6(3-1)5-7-8-9/h;1-5H. The van der Waals surface area contributed by atoms with Gasteiger partial charge in [-0.25, -0.2) is 22.1 Å². The van der Waals surface area contributed by atoms with Gasteiger partial charge in [0.15, 0.2) is 23.3 Å². The normalized spacial score (nSPS) is 10.4. The van der Waals surface area contributed by atoms with Crippen molar-refractivity contribution in [1.82, 2.24) is 14.8 Å². The van der Waals surface area contributed by atoms with E-state index in [4.69, 9.17) is 0 Å². The highest BCUT2D eigenvalue weighted by atomic mass is 127. The summed E-state index contributed by atoms with van der Waals surface area (Å²) in [6.07, 6.45) is 3.59. The number of fused-ring (bicyclic) bond motifs is 1. The zero-order chi connectivity index (χ0) is 15.6. The van der Waals surface area contributed by atoms with Crippen molar-refractivity contribution in [3.63, 3.8) is 0 Å². The van der Waals surface area contributed by atoms with Crippen LogP contribution in [0.15, 0.2) is 30.6 Å². The Bertz CT molecular complexity index is 656. The highest BCUT2D eigenvalue weighted by Gasteiger charge is 2.21. The minimum absolute atomic E-state index is 0.246. The third kappa shape index (κ3) is 3.44. The molecule has 0 amide bonds. The third-order valence-electron chi connectivity index (χ3n) is 2.36. The lowest BCUT2D eigenvalue weighted by atomic mass is 10.3. The summed E-state index contributed by atoms with van der Waals surface area (Å²) >= 11 is 2.82. The van der Waals surface area contributed by atoms with Crippen LogP contribution < -0.4 is 0 Å². The lowest BCUT2D eigenvalue weighted by molar-refractivity contribution is 0.402. The maximum absolute atomic E-state index is 12.6. The van der Waals surface area contributed by atoms with Gasteiger partial charge in [-0.2, -0.15) is 0 Å². The number of benzene rings is 1. The molecule has 0 aliphatic carbocycles. The summed E-state index contributed by atoms with van der Waals surface area (Å²) in [6.45, 7) is 0. The van der Waals surface area contributed by atoms with Crippen LogP contribution in [0.1, 0.15) is 0 Å². The van der Waals surface area contributed by atoms with Gasteiger partial charge in [-0.1, -0.05) is 11.3 Å². The summed E-state index contributed by atoms with van der Waals surface area (Å²) in [5, 5.41) is 7.50. The minimum Gasteiger partial charge on any atom is -0.221 e. The molecule has 1 aromatic carbocycles. The summed E-state index contributed by atoms with van der Waals surface area (Å²) in [5.74, 6) is -6.23. The van der Waals surface area contributed by atoms with Crippen LogP contribution in [-0.2, 0) is 0 Å². The fourth-order valence-corrected chi connectivity index (χ4v) is 2.30. The number of aromatic nitrogens is 3. The van der Waals surface area contributed by atoms with Crippen molar-refractivity contribution in [1.29, 1.82) is 0 Å². The van der Waals surface area contributed by atoms with Gasteiger partial charge in [0.05, 0.1) is 18.9 Å². The lowest BCUT2D eigenvalue weighted by Gasteiger charge is -2.02. The SMILES string of the molecule is Fc1c(F)c(F)c(I)c(I)c1F.c1ccn2nncc2c1. The Balaban J connectivity index is 0.000000159. The Labute approximate surface area is 143 Å². The largest absolute Gasteiger partial charge is 0.221 e. The van der Waals surface area contributed by atoms with Gasteiger partial charge in [0.25, 0.3) is 0 Å². The van der Waals surface area contributed by atoms with E-state index >= 15 is 0 Å². The van der Waals surface area contributed by atoms with Crippen molar-refractivity contribution in [2.75, 3.05) is 0 Å². The van der Waals surface area contributed by atoms with Gasteiger partial charge in [0.1, 0.15) is 0 Å². The first-order valence-electron chi connectivity index (χ1n) is 5.35. The highest BCUT2D eigenvalue weighted by Crippen LogP contribution is 2.26. The number of hydrogen-bond acceptors (Lipinski definition) is 2. The number of halogens is 6. The van der Waals surface area contributed by atoms with E-state index in [0.29, 0.717) is 0 Å². The molecule has 0 aliphatic heterocycles. The van der Waals surface area contributed by atoms with Crippen molar-refractivity contribution in [3.8, 4) is 0 Å². The molecule has 110 valence electrons. The molecule has 3 aromatic rings. The molecule has 2 aromatic heterocycles. The van der Waals surface area contributed by atoms with Crippen LogP contribution in [0, 0.1) is 30.4 Å². The monoisotopic (exact) mass is 521 g/mol. The third-order valence-corrected chi connectivity index (χ3v) is 5.42. The van der Waals surface area contributed by atoms with E-state index in [9.17, 15) is 17.6 Å². The second-order valence-corrected chi connectivity index (χ2v) is 5.85. The van der Waals surface area contributed by atoms with Crippen LogP contribution in [0.5, 0.6) is 0 Å². The molecule has 2 heterocycles. The van der Waals surface area contributed by atoms with E-state index in [1.165, 1.54) is 45.2 Å². The smallest absolute Gasteiger partial charge is 0.198 e. The summed E-state index contributed by atoms with van der Waals surface area (Å²) in [4.78, 5) is 0. The Morgan fingerprint density at radius 1 is 0.857 bits per heavy atom. The van der Waals surface area contributed by atoms with E-state index < -0.39 is 23.3 Å². The molecular weight excluding hydrogens is 516 g/mol. The maximum Gasteiger partial charge on any atom is 0.198 e.